The molecule has 1 aromatic carbocycles. The first-order valence-electron chi connectivity index (χ1n) is 5.93. The second-order valence-electron chi connectivity index (χ2n) is 4.53. The van der Waals surface area contributed by atoms with Crippen LogP contribution in [0.2, 0.25) is 0 Å². The number of benzene rings is 1. The van der Waals surface area contributed by atoms with Crippen molar-refractivity contribution >= 4 is 41.9 Å². The fourth-order valence-corrected chi connectivity index (χ4v) is 5.42. The monoisotopic (exact) mass is 451 g/mol. The zero-order valence-electron chi connectivity index (χ0n) is 11.0. The van der Waals surface area contributed by atoms with Gasteiger partial charge in [-0.15, -0.1) is 0 Å². The molecule has 120 valence electrons. The summed E-state index contributed by atoms with van der Waals surface area (Å²) in [6, 6.07) is 3.68. The maximum atomic E-state index is 12.7. The zero-order chi connectivity index (χ0) is 16.3. The van der Waals surface area contributed by atoms with Crippen molar-refractivity contribution in [1.82, 2.24) is 4.72 Å². The summed E-state index contributed by atoms with van der Waals surface area (Å²) in [7, 11) is -4.05. The van der Waals surface area contributed by atoms with Crippen LogP contribution in [0, 0.1) is 0 Å². The van der Waals surface area contributed by atoms with Crippen LogP contribution in [-0.4, -0.2) is 24.6 Å². The quantitative estimate of drug-likeness (QED) is 0.665. The summed E-state index contributed by atoms with van der Waals surface area (Å²) < 4.78 is 65.0. The van der Waals surface area contributed by atoms with E-state index < -0.39 is 32.2 Å². The van der Waals surface area contributed by atoms with E-state index in [1.54, 1.807) is 6.92 Å². The highest BCUT2D eigenvalue weighted by atomic mass is 79.9. The van der Waals surface area contributed by atoms with Crippen molar-refractivity contribution in [2.45, 2.75) is 30.0 Å². The summed E-state index contributed by atoms with van der Waals surface area (Å²) in [5.41, 5.74) is -1.79. The molecule has 0 unspecified atom stereocenters. The van der Waals surface area contributed by atoms with E-state index in [9.17, 15) is 21.6 Å². The third kappa shape index (κ3) is 4.67. The standard InChI is InChI=1S/C12H14Br2F3NO2S/c1-2-11(7-13,8-14)18-21(19,20)10-5-3-4-9(6-10)12(15,16)17/h3-6,18H,2,7-8H2,1H3. The molecular weight excluding hydrogens is 439 g/mol. The molecule has 0 fully saturated rings. The maximum Gasteiger partial charge on any atom is 0.416 e. The highest BCUT2D eigenvalue weighted by Gasteiger charge is 2.34. The van der Waals surface area contributed by atoms with E-state index in [2.05, 4.69) is 36.6 Å². The molecule has 0 aromatic heterocycles. The van der Waals surface area contributed by atoms with Crippen LogP contribution < -0.4 is 4.72 Å². The van der Waals surface area contributed by atoms with E-state index in [0.29, 0.717) is 23.1 Å². The normalized spacial score (nSPS) is 13.4. The maximum absolute atomic E-state index is 12.7. The molecule has 0 saturated heterocycles. The Morgan fingerprint density at radius 3 is 2.19 bits per heavy atom. The number of alkyl halides is 5. The van der Waals surface area contributed by atoms with Crippen LogP contribution in [0.5, 0.6) is 0 Å². The third-order valence-electron chi connectivity index (χ3n) is 3.01. The minimum atomic E-state index is -4.59. The Morgan fingerprint density at radius 1 is 1.19 bits per heavy atom. The minimum Gasteiger partial charge on any atom is -0.207 e. The number of hydrogen-bond acceptors (Lipinski definition) is 2. The van der Waals surface area contributed by atoms with Gasteiger partial charge in [-0.3, -0.25) is 0 Å². The Morgan fingerprint density at radius 2 is 1.76 bits per heavy atom. The fourth-order valence-electron chi connectivity index (χ4n) is 1.53. The lowest BCUT2D eigenvalue weighted by molar-refractivity contribution is -0.137. The van der Waals surface area contributed by atoms with Gasteiger partial charge < -0.3 is 0 Å². The Labute approximate surface area is 138 Å². The lowest BCUT2D eigenvalue weighted by Gasteiger charge is -2.29. The van der Waals surface area contributed by atoms with Crippen LogP contribution in [0.4, 0.5) is 13.2 Å². The second-order valence-corrected chi connectivity index (χ2v) is 7.34. The molecule has 0 saturated carbocycles. The van der Waals surface area contributed by atoms with Gasteiger partial charge in [-0.2, -0.15) is 13.2 Å². The molecule has 0 spiro atoms. The van der Waals surface area contributed by atoms with Gasteiger partial charge >= 0.3 is 6.18 Å². The molecular formula is C12H14Br2F3NO2S. The van der Waals surface area contributed by atoms with E-state index in [0.717, 1.165) is 18.2 Å². The zero-order valence-corrected chi connectivity index (χ0v) is 15.0. The van der Waals surface area contributed by atoms with Crippen molar-refractivity contribution in [3.63, 3.8) is 0 Å². The lowest BCUT2D eigenvalue weighted by atomic mass is 10.0. The molecule has 9 heteroatoms. The molecule has 0 aliphatic heterocycles. The first-order valence-corrected chi connectivity index (χ1v) is 9.66. The number of halogens is 5. The second kappa shape index (κ2) is 6.97. The van der Waals surface area contributed by atoms with E-state index in [4.69, 9.17) is 0 Å². The summed E-state index contributed by atoms with van der Waals surface area (Å²) in [5, 5.41) is 0.667. The van der Waals surface area contributed by atoms with Crippen LogP contribution in [0.15, 0.2) is 29.2 Å². The predicted molar refractivity (Wildman–Crippen MR) is 82.4 cm³/mol. The van der Waals surface area contributed by atoms with Gasteiger partial charge in [0.1, 0.15) is 0 Å². The predicted octanol–water partition coefficient (Wildman–Crippen LogP) is 3.92. The average Bonchev–Trinajstić information content (AvgIpc) is 2.44. The number of hydrogen-bond donors (Lipinski definition) is 1. The Kier molecular flexibility index (Phi) is 6.28. The first kappa shape index (κ1) is 18.9. The molecule has 0 aliphatic rings. The van der Waals surface area contributed by atoms with Crippen molar-refractivity contribution in [2.24, 2.45) is 0 Å². The van der Waals surface area contributed by atoms with Gasteiger partial charge in [0.15, 0.2) is 0 Å². The molecule has 1 aromatic rings. The van der Waals surface area contributed by atoms with Gasteiger partial charge in [0, 0.05) is 10.7 Å². The molecule has 0 amide bonds. The van der Waals surface area contributed by atoms with Crippen LogP contribution in [0.3, 0.4) is 0 Å². The number of rotatable bonds is 6. The largest absolute Gasteiger partial charge is 0.416 e. The number of nitrogens with one attached hydrogen (secondary N) is 1. The molecule has 0 atom stereocenters. The summed E-state index contributed by atoms with van der Waals surface area (Å²) in [6.45, 7) is 1.79. The minimum absolute atomic E-state index is 0.333. The molecule has 0 radical (unpaired) electrons. The average molecular weight is 453 g/mol. The smallest absolute Gasteiger partial charge is 0.207 e. The molecule has 1 N–H and O–H groups in total. The van der Waals surface area contributed by atoms with Crippen LogP contribution in [0.25, 0.3) is 0 Å². The van der Waals surface area contributed by atoms with Gasteiger partial charge in [0.05, 0.1) is 16.0 Å². The molecule has 1 rings (SSSR count). The number of sulfonamides is 1. The highest BCUT2D eigenvalue weighted by molar-refractivity contribution is 9.09. The van der Waals surface area contributed by atoms with Gasteiger partial charge in [0.2, 0.25) is 10.0 Å². The molecule has 0 aliphatic carbocycles. The van der Waals surface area contributed by atoms with Crippen molar-refractivity contribution < 1.29 is 21.6 Å². The van der Waals surface area contributed by atoms with E-state index in [1.807, 2.05) is 0 Å². The third-order valence-corrected chi connectivity index (χ3v) is 6.73. The Hall–Kier alpha value is -0.120. The topological polar surface area (TPSA) is 46.2 Å². The van der Waals surface area contributed by atoms with Gasteiger partial charge in [-0.05, 0) is 24.6 Å². The van der Waals surface area contributed by atoms with Crippen molar-refractivity contribution in [2.75, 3.05) is 10.7 Å². The lowest BCUT2D eigenvalue weighted by Crippen LogP contribution is -2.50. The van der Waals surface area contributed by atoms with Crippen LogP contribution >= 0.6 is 31.9 Å². The van der Waals surface area contributed by atoms with Crippen LogP contribution in [-0.2, 0) is 16.2 Å². The summed E-state index contributed by atoms with van der Waals surface area (Å²) in [6.07, 6.45) is -4.11. The summed E-state index contributed by atoms with van der Waals surface area (Å²) >= 11 is 6.46. The fraction of sp³-hybridized carbons (Fsp3) is 0.500. The van der Waals surface area contributed by atoms with Crippen molar-refractivity contribution in [3.05, 3.63) is 29.8 Å². The van der Waals surface area contributed by atoms with E-state index in [1.165, 1.54) is 0 Å². The van der Waals surface area contributed by atoms with Crippen LogP contribution in [0.1, 0.15) is 18.9 Å². The van der Waals surface area contributed by atoms with E-state index in [-0.39, 0.29) is 0 Å². The SMILES string of the molecule is CCC(CBr)(CBr)NS(=O)(=O)c1cccc(C(F)(F)F)c1. The molecule has 0 heterocycles. The van der Waals surface area contributed by atoms with Crippen molar-refractivity contribution in [3.8, 4) is 0 Å². The van der Waals surface area contributed by atoms with Crippen molar-refractivity contribution in [1.29, 1.82) is 0 Å². The molecule has 21 heavy (non-hydrogen) atoms. The Bertz CT molecular complexity index is 578. The highest BCUT2D eigenvalue weighted by Crippen LogP contribution is 2.31. The molecule has 0 bridgehead atoms. The first-order chi connectivity index (χ1) is 9.60. The van der Waals surface area contributed by atoms with Gasteiger partial charge in [-0.1, -0.05) is 44.8 Å². The van der Waals surface area contributed by atoms with E-state index >= 15 is 0 Å². The summed E-state index contributed by atoms with van der Waals surface area (Å²) in [4.78, 5) is -0.406. The molecule has 3 nitrogen and oxygen atoms in total. The van der Waals surface area contributed by atoms with Gasteiger partial charge in [-0.25, -0.2) is 13.1 Å². The summed E-state index contributed by atoms with van der Waals surface area (Å²) in [5.74, 6) is 0. The Balaban J connectivity index is 3.20. The van der Waals surface area contributed by atoms with Gasteiger partial charge in [0.25, 0.3) is 0 Å².